The van der Waals surface area contributed by atoms with E-state index >= 15 is 0 Å². The first-order valence-corrected chi connectivity index (χ1v) is 12.0. The molecule has 0 radical (unpaired) electrons. The number of nitrogens with zero attached hydrogens (tertiary/aromatic N) is 4. The van der Waals surface area contributed by atoms with Crippen molar-refractivity contribution in [2.45, 2.75) is 25.3 Å². The van der Waals surface area contributed by atoms with E-state index in [2.05, 4.69) is 34.3 Å². The van der Waals surface area contributed by atoms with Gasteiger partial charge >= 0.3 is 0 Å². The lowest BCUT2D eigenvalue weighted by Crippen LogP contribution is -2.48. The van der Waals surface area contributed by atoms with E-state index in [0.29, 0.717) is 18.0 Å². The summed E-state index contributed by atoms with van der Waals surface area (Å²) in [5, 5.41) is 4.22. The van der Waals surface area contributed by atoms with Crippen LogP contribution in [0, 0.1) is 13.8 Å². The third-order valence-corrected chi connectivity index (χ3v) is 8.46. The molecule has 0 aliphatic carbocycles. The predicted molar refractivity (Wildman–Crippen MR) is 116 cm³/mol. The van der Waals surface area contributed by atoms with Crippen molar-refractivity contribution in [2.75, 3.05) is 26.2 Å². The maximum absolute atomic E-state index is 13.0. The third-order valence-electron chi connectivity index (χ3n) is 5.34. The van der Waals surface area contributed by atoms with E-state index in [1.807, 2.05) is 33.3 Å². The fraction of sp³-hybridized carbons (Fsp3) is 0.381. The smallest absolute Gasteiger partial charge is 0.244 e. The molecular formula is C21H26N4O2S2. The second-order valence-electron chi connectivity index (χ2n) is 7.56. The molecule has 0 amide bonds. The van der Waals surface area contributed by atoms with Crippen molar-refractivity contribution < 1.29 is 8.42 Å². The van der Waals surface area contributed by atoms with Gasteiger partial charge in [-0.15, -0.1) is 11.3 Å². The topological polar surface area (TPSA) is 58.4 Å². The average Bonchev–Trinajstić information content (AvgIpc) is 3.28. The van der Waals surface area contributed by atoms with Gasteiger partial charge in [0.05, 0.1) is 11.1 Å². The van der Waals surface area contributed by atoms with Crippen molar-refractivity contribution in [3.63, 3.8) is 0 Å². The molecule has 1 aliphatic heterocycles. The summed E-state index contributed by atoms with van der Waals surface area (Å²) in [5.41, 5.74) is 3.49. The van der Waals surface area contributed by atoms with Gasteiger partial charge in [-0.05, 0) is 31.0 Å². The second kappa shape index (κ2) is 8.02. The number of sulfonamides is 1. The van der Waals surface area contributed by atoms with Gasteiger partial charge in [0.1, 0.15) is 0 Å². The van der Waals surface area contributed by atoms with Gasteiger partial charge in [0.15, 0.2) is 0 Å². The zero-order valence-corrected chi connectivity index (χ0v) is 18.6. The predicted octanol–water partition coefficient (Wildman–Crippen LogP) is 3.27. The van der Waals surface area contributed by atoms with Crippen LogP contribution in [0.4, 0.5) is 0 Å². The maximum atomic E-state index is 13.0. The van der Waals surface area contributed by atoms with Crippen LogP contribution in [-0.4, -0.2) is 53.6 Å². The molecule has 3 heterocycles. The number of piperazine rings is 1. The van der Waals surface area contributed by atoms with Crippen molar-refractivity contribution in [3.8, 4) is 11.1 Å². The van der Waals surface area contributed by atoms with Gasteiger partial charge in [-0.3, -0.25) is 9.58 Å². The number of hydrogen-bond donors (Lipinski definition) is 0. The quantitative estimate of drug-likeness (QED) is 0.623. The minimum absolute atomic E-state index is 0.472. The van der Waals surface area contributed by atoms with Crippen LogP contribution in [-0.2, 0) is 23.6 Å². The monoisotopic (exact) mass is 430 g/mol. The highest BCUT2D eigenvalue weighted by atomic mass is 32.2. The fourth-order valence-electron chi connectivity index (χ4n) is 3.76. The molecule has 0 spiro atoms. The average molecular weight is 431 g/mol. The molecule has 154 valence electrons. The highest BCUT2D eigenvalue weighted by Crippen LogP contribution is 2.28. The molecule has 0 atom stereocenters. The Morgan fingerprint density at radius 3 is 2.28 bits per heavy atom. The Labute approximate surface area is 176 Å². The minimum Gasteiger partial charge on any atom is -0.296 e. The summed E-state index contributed by atoms with van der Waals surface area (Å²) in [7, 11) is -1.48. The van der Waals surface area contributed by atoms with Crippen molar-refractivity contribution in [1.82, 2.24) is 19.0 Å². The zero-order valence-electron chi connectivity index (χ0n) is 17.0. The largest absolute Gasteiger partial charge is 0.296 e. The molecule has 4 rings (SSSR count). The van der Waals surface area contributed by atoms with E-state index in [1.165, 1.54) is 5.56 Å². The molecule has 29 heavy (non-hydrogen) atoms. The second-order valence-corrected chi connectivity index (χ2v) is 10.9. The SMILES string of the molecule is Cc1cc(S(=O)(=O)N2CCN(Cc3ccc(-c4cnn(C)c4)cc3)CC2)c(C)s1. The van der Waals surface area contributed by atoms with Crippen LogP contribution in [0.1, 0.15) is 15.3 Å². The van der Waals surface area contributed by atoms with Crippen LogP contribution in [0.2, 0.25) is 0 Å². The lowest BCUT2D eigenvalue weighted by atomic mass is 10.1. The molecule has 2 aromatic heterocycles. The molecule has 1 aromatic carbocycles. The molecule has 0 bridgehead atoms. The van der Waals surface area contributed by atoms with E-state index < -0.39 is 10.0 Å². The Bertz CT molecular complexity index is 1090. The number of rotatable bonds is 5. The van der Waals surface area contributed by atoms with Crippen molar-refractivity contribution in [2.24, 2.45) is 7.05 Å². The Kier molecular flexibility index (Phi) is 5.61. The minimum atomic E-state index is -3.39. The van der Waals surface area contributed by atoms with E-state index in [4.69, 9.17) is 0 Å². The maximum Gasteiger partial charge on any atom is 0.244 e. The van der Waals surface area contributed by atoms with Crippen LogP contribution in [0.25, 0.3) is 11.1 Å². The summed E-state index contributed by atoms with van der Waals surface area (Å²) in [5.74, 6) is 0. The van der Waals surface area contributed by atoms with Gasteiger partial charge in [-0.25, -0.2) is 8.42 Å². The summed E-state index contributed by atoms with van der Waals surface area (Å²) in [6, 6.07) is 10.3. The molecule has 1 aliphatic rings. The number of aryl methyl sites for hydroxylation is 3. The Morgan fingerprint density at radius 1 is 1.03 bits per heavy atom. The molecular weight excluding hydrogens is 404 g/mol. The van der Waals surface area contributed by atoms with Crippen LogP contribution >= 0.6 is 11.3 Å². The molecule has 1 saturated heterocycles. The normalized spacial score (nSPS) is 16.4. The van der Waals surface area contributed by atoms with Crippen LogP contribution in [0.15, 0.2) is 47.6 Å². The van der Waals surface area contributed by atoms with Gasteiger partial charge in [0.2, 0.25) is 10.0 Å². The highest BCUT2D eigenvalue weighted by molar-refractivity contribution is 7.89. The number of benzene rings is 1. The number of aromatic nitrogens is 2. The van der Waals surface area contributed by atoms with Crippen LogP contribution in [0.3, 0.4) is 0 Å². The van der Waals surface area contributed by atoms with E-state index in [9.17, 15) is 8.42 Å². The van der Waals surface area contributed by atoms with Crippen molar-refractivity contribution in [1.29, 1.82) is 0 Å². The lowest BCUT2D eigenvalue weighted by Gasteiger charge is -2.34. The number of thiophene rings is 1. The molecule has 0 saturated carbocycles. The summed E-state index contributed by atoms with van der Waals surface area (Å²) < 4.78 is 29.4. The third kappa shape index (κ3) is 4.30. The van der Waals surface area contributed by atoms with Gasteiger partial charge < -0.3 is 0 Å². The molecule has 0 N–H and O–H groups in total. The van der Waals surface area contributed by atoms with Crippen molar-refractivity contribution >= 4 is 21.4 Å². The zero-order chi connectivity index (χ0) is 20.6. The van der Waals surface area contributed by atoms with Crippen molar-refractivity contribution in [3.05, 3.63) is 58.0 Å². The summed E-state index contributed by atoms with van der Waals surface area (Å²) >= 11 is 1.54. The first-order valence-electron chi connectivity index (χ1n) is 9.70. The standard InChI is InChI=1S/C21H26N4O2S2/c1-16-12-21(17(2)28-16)29(26,27)25-10-8-24(9-11-25)14-18-4-6-19(7-5-18)20-13-22-23(3)15-20/h4-7,12-13,15H,8-11,14H2,1-3H3. The van der Waals surface area contributed by atoms with Crippen LogP contribution < -0.4 is 0 Å². The molecule has 8 heteroatoms. The molecule has 3 aromatic rings. The van der Waals surface area contributed by atoms with E-state index in [1.54, 1.807) is 26.4 Å². The van der Waals surface area contributed by atoms with Crippen LogP contribution in [0.5, 0.6) is 0 Å². The lowest BCUT2D eigenvalue weighted by molar-refractivity contribution is 0.181. The summed E-state index contributed by atoms with van der Waals surface area (Å²) in [6.07, 6.45) is 3.87. The molecule has 0 unspecified atom stereocenters. The Balaban J connectivity index is 1.37. The summed E-state index contributed by atoms with van der Waals surface area (Å²) in [4.78, 5) is 4.70. The van der Waals surface area contributed by atoms with Gasteiger partial charge in [-0.2, -0.15) is 9.40 Å². The first kappa shape index (κ1) is 20.3. The van der Waals surface area contributed by atoms with E-state index in [-0.39, 0.29) is 0 Å². The van der Waals surface area contributed by atoms with Gasteiger partial charge in [0.25, 0.3) is 0 Å². The number of hydrogen-bond acceptors (Lipinski definition) is 5. The van der Waals surface area contributed by atoms with Gasteiger partial charge in [0, 0.05) is 61.3 Å². The highest BCUT2D eigenvalue weighted by Gasteiger charge is 2.30. The summed E-state index contributed by atoms with van der Waals surface area (Å²) in [6.45, 7) is 7.22. The van der Waals surface area contributed by atoms with Gasteiger partial charge in [-0.1, -0.05) is 24.3 Å². The molecule has 6 nitrogen and oxygen atoms in total. The first-order chi connectivity index (χ1) is 13.8. The molecule has 1 fully saturated rings. The Morgan fingerprint density at radius 2 is 1.72 bits per heavy atom. The Hall–Kier alpha value is -2.00. The van der Waals surface area contributed by atoms with E-state index in [0.717, 1.165) is 40.5 Å². The fourth-order valence-corrected chi connectivity index (χ4v) is 6.71.